The molecular weight excluding hydrogens is 112 g/mol. The molecule has 0 aromatic carbocycles. The Kier molecular flexibility index (Phi) is 1.04. The Balaban J connectivity index is 1.99. The monoisotopic (exact) mass is 121 g/mol. The van der Waals surface area contributed by atoms with Crippen LogP contribution in [0.5, 0.6) is 0 Å². The second kappa shape index (κ2) is 1.87. The molecule has 1 aliphatic rings. The maximum atomic E-state index is 3.84. The largest absolute Gasteiger partial charge is 0.336 e. The second-order valence-electron chi connectivity index (χ2n) is 2.64. The third-order valence-corrected chi connectivity index (χ3v) is 1.67. The van der Waals surface area contributed by atoms with E-state index >= 15 is 0 Å². The van der Waals surface area contributed by atoms with Crippen molar-refractivity contribution < 1.29 is 0 Å². The van der Waals surface area contributed by atoms with Crippen molar-refractivity contribution in [3.8, 4) is 0 Å². The molecule has 0 bridgehead atoms. The van der Waals surface area contributed by atoms with Crippen LogP contribution in [0.1, 0.15) is 12.8 Å². The zero-order chi connectivity index (χ0) is 6.10. The number of hydrogen-bond donors (Lipinski definition) is 0. The van der Waals surface area contributed by atoms with Gasteiger partial charge in [0.25, 0.3) is 0 Å². The Morgan fingerprint density at radius 3 is 3.11 bits per heavy atom. The van der Waals surface area contributed by atoms with E-state index in [9.17, 15) is 0 Å². The van der Waals surface area contributed by atoms with Crippen molar-refractivity contribution in [3.05, 3.63) is 18.7 Å². The maximum Gasteiger partial charge on any atom is 0.108 e. The highest BCUT2D eigenvalue weighted by atomic mass is 15.0. The average molecular weight is 121 g/mol. The topological polar surface area (TPSA) is 17.8 Å². The van der Waals surface area contributed by atoms with Gasteiger partial charge in [0.1, 0.15) is 6.20 Å². The van der Waals surface area contributed by atoms with Crippen LogP contribution in [0.25, 0.3) is 0 Å². The molecule has 0 saturated heterocycles. The van der Waals surface area contributed by atoms with Gasteiger partial charge >= 0.3 is 0 Å². The van der Waals surface area contributed by atoms with E-state index in [0.29, 0.717) is 0 Å². The fraction of sp³-hybridized carbons (Fsp3) is 0.571. The Hall–Kier alpha value is -0.790. The van der Waals surface area contributed by atoms with Gasteiger partial charge in [-0.3, -0.25) is 0 Å². The smallest absolute Gasteiger partial charge is 0.108 e. The van der Waals surface area contributed by atoms with Gasteiger partial charge in [-0.05, 0) is 18.8 Å². The minimum Gasteiger partial charge on any atom is -0.336 e. The first kappa shape index (κ1) is 5.03. The van der Waals surface area contributed by atoms with E-state index in [1.54, 1.807) is 0 Å². The van der Waals surface area contributed by atoms with E-state index in [2.05, 4.69) is 15.7 Å². The van der Waals surface area contributed by atoms with Gasteiger partial charge in [-0.1, -0.05) is 0 Å². The minimum absolute atomic E-state index is 0.938. The Labute approximate surface area is 54.5 Å². The van der Waals surface area contributed by atoms with Crippen LogP contribution in [-0.4, -0.2) is 9.55 Å². The zero-order valence-electron chi connectivity index (χ0n) is 5.25. The van der Waals surface area contributed by atoms with Crippen LogP contribution in [0.3, 0.4) is 0 Å². The van der Waals surface area contributed by atoms with E-state index < -0.39 is 0 Å². The molecule has 47 valence electrons. The van der Waals surface area contributed by atoms with Crippen LogP contribution in [0.2, 0.25) is 0 Å². The third kappa shape index (κ3) is 1.12. The Morgan fingerprint density at radius 2 is 2.56 bits per heavy atom. The standard InChI is InChI=1S/C7H9N2/c1-2-7(1)5-9-4-3-8-6-9/h4,6-7H,1-2,5H2. The summed E-state index contributed by atoms with van der Waals surface area (Å²) >= 11 is 0. The molecule has 1 aromatic rings. The zero-order valence-corrected chi connectivity index (χ0v) is 5.25. The highest BCUT2D eigenvalue weighted by molar-refractivity contribution is 4.79. The molecule has 0 atom stereocenters. The molecule has 0 amide bonds. The van der Waals surface area contributed by atoms with Gasteiger partial charge < -0.3 is 4.57 Å². The number of imidazole rings is 1. The summed E-state index contributed by atoms with van der Waals surface area (Å²) in [5.74, 6) is 0.938. The van der Waals surface area contributed by atoms with Gasteiger partial charge in [0.2, 0.25) is 0 Å². The molecule has 0 N–H and O–H groups in total. The molecule has 0 spiro atoms. The summed E-state index contributed by atoms with van der Waals surface area (Å²) in [5.41, 5.74) is 0. The van der Waals surface area contributed by atoms with Crippen LogP contribution < -0.4 is 0 Å². The van der Waals surface area contributed by atoms with Crippen molar-refractivity contribution in [2.75, 3.05) is 0 Å². The predicted octanol–water partition coefficient (Wildman–Crippen LogP) is 1.09. The molecule has 0 aliphatic heterocycles. The summed E-state index contributed by atoms with van der Waals surface area (Å²) in [4.78, 5) is 3.84. The van der Waals surface area contributed by atoms with Crippen molar-refractivity contribution in [1.82, 2.24) is 9.55 Å². The summed E-state index contributed by atoms with van der Waals surface area (Å²) in [7, 11) is 0. The minimum atomic E-state index is 0.938. The lowest BCUT2D eigenvalue weighted by Crippen LogP contribution is -1.94. The lowest BCUT2D eigenvalue weighted by molar-refractivity contribution is 0.626. The van der Waals surface area contributed by atoms with E-state index in [4.69, 9.17) is 0 Å². The highest BCUT2D eigenvalue weighted by Crippen LogP contribution is 2.30. The second-order valence-corrected chi connectivity index (χ2v) is 2.64. The van der Waals surface area contributed by atoms with Crippen LogP contribution in [0.15, 0.2) is 12.5 Å². The fourth-order valence-corrected chi connectivity index (χ4v) is 0.947. The summed E-state index contributed by atoms with van der Waals surface area (Å²) in [6, 6.07) is 0. The van der Waals surface area contributed by atoms with Crippen LogP contribution in [-0.2, 0) is 6.54 Å². The fourth-order valence-electron chi connectivity index (χ4n) is 0.947. The van der Waals surface area contributed by atoms with Crippen LogP contribution >= 0.6 is 0 Å². The van der Waals surface area contributed by atoms with Crippen LogP contribution in [0, 0.1) is 12.1 Å². The molecule has 1 radical (unpaired) electrons. The molecule has 2 heteroatoms. The van der Waals surface area contributed by atoms with Gasteiger partial charge in [0.15, 0.2) is 0 Å². The lowest BCUT2D eigenvalue weighted by Gasteiger charge is -1.95. The molecule has 1 saturated carbocycles. The number of aromatic nitrogens is 2. The third-order valence-electron chi connectivity index (χ3n) is 1.67. The Bertz CT molecular complexity index is 175. The lowest BCUT2D eigenvalue weighted by atomic mass is 10.4. The Morgan fingerprint density at radius 1 is 1.67 bits per heavy atom. The molecule has 1 aliphatic carbocycles. The van der Waals surface area contributed by atoms with Crippen LogP contribution in [0.4, 0.5) is 0 Å². The van der Waals surface area contributed by atoms with E-state index in [1.807, 2.05) is 12.5 Å². The summed E-state index contributed by atoms with van der Waals surface area (Å²) < 4.78 is 2.09. The predicted molar refractivity (Wildman–Crippen MR) is 33.8 cm³/mol. The number of hydrogen-bond acceptors (Lipinski definition) is 1. The molecular formula is C7H9N2. The van der Waals surface area contributed by atoms with Crippen molar-refractivity contribution in [2.24, 2.45) is 5.92 Å². The number of nitrogens with zero attached hydrogens (tertiary/aromatic N) is 2. The van der Waals surface area contributed by atoms with Gasteiger partial charge in [0, 0.05) is 12.7 Å². The first-order valence-electron chi connectivity index (χ1n) is 3.33. The highest BCUT2D eigenvalue weighted by Gasteiger charge is 2.20. The first-order chi connectivity index (χ1) is 4.45. The normalized spacial score (nSPS) is 18.2. The first-order valence-corrected chi connectivity index (χ1v) is 3.33. The molecule has 9 heavy (non-hydrogen) atoms. The molecule has 1 heterocycles. The average Bonchev–Trinajstić information content (AvgIpc) is 2.46. The summed E-state index contributed by atoms with van der Waals surface area (Å²) in [6.45, 7) is 1.15. The van der Waals surface area contributed by atoms with E-state index in [-0.39, 0.29) is 0 Å². The van der Waals surface area contributed by atoms with Crippen molar-refractivity contribution in [2.45, 2.75) is 19.4 Å². The summed E-state index contributed by atoms with van der Waals surface area (Å²) in [5, 5.41) is 0. The maximum absolute atomic E-state index is 3.84. The van der Waals surface area contributed by atoms with Gasteiger partial charge in [-0.25, -0.2) is 4.98 Å². The van der Waals surface area contributed by atoms with Crippen molar-refractivity contribution in [3.63, 3.8) is 0 Å². The molecule has 0 unspecified atom stereocenters. The number of rotatable bonds is 2. The van der Waals surface area contributed by atoms with E-state index in [0.717, 1.165) is 12.5 Å². The molecule has 1 aromatic heterocycles. The summed E-state index contributed by atoms with van der Waals surface area (Å²) in [6.07, 6.45) is 9.31. The molecule has 2 nitrogen and oxygen atoms in total. The SMILES string of the molecule is [c]1cn(CC2CC2)cn1. The van der Waals surface area contributed by atoms with Gasteiger partial charge in [-0.2, -0.15) is 0 Å². The van der Waals surface area contributed by atoms with Gasteiger partial charge in [0.05, 0.1) is 6.33 Å². The van der Waals surface area contributed by atoms with Gasteiger partial charge in [-0.15, -0.1) is 0 Å². The van der Waals surface area contributed by atoms with Crippen molar-refractivity contribution in [1.29, 1.82) is 0 Å². The van der Waals surface area contributed by atoms with Crippen molar-refractivity contribution >= 4 is 0 Å². The quantitative estimate of drug-likeness (QED) is 0.572. The molecule has 1 fully saturated rings. The van der Waals surface area contributed by atoms with E-state index in [1.165, 1.54) is 12.8 Å². The molecule has 2 rings (SSSR count).